The van der Waals surface area contributed by atoms with Crippen LogP contribution in [0.2, 0.25) is 5.02 Å². The van der Waals surface area contributed by atoms with Crippen LogP contribution in [0.15, 0.2) is 52.8 Å². The molecule has 0 N–H and O–H groups in total. The molecule has 106 valence electrons. The van der Waals surface area contributed by atoms with E-state index in [1.54, 1.807) is 47.2 Å². The second kappa shape index (κ2) is 5.67. The minimum Gasteiger partial charge on any atom is -0.291 e. The zero-order valence-electron chi connectivity index (χ0n) is 11.0. The van der Waals surface area contributed by atoms with Crippen molar-refractivity contribution in [3.63, 3.8) is 0 Å². The van der Waals surface area contributed by atoms with E-state index in [4.69, 9.17) is 22.7 Å². The van der Waals surface area contributed by atoms with Gasteiger partial charge in [0.1, 0.15) is 11.6 Å². The predicted molar refractivity (Wildman–Crippen MR) is 83.7 cm³/mol. The number of hydrogen-bond acceptors (Lipinski definition) is 3. The first-order chi connectivity index (χ1) is 10.8. The topological polar surface area (TPSA) is 115 Å². The van der Waals surface area contributed by atoms with Crippen molar-refractivity contribution in [3.8, 4) is 5.82 Å². The molecule has 0 saturated carbocycles. The summed E-state index contributed by atoms with van der Waals surface area (Å²) in [5.74, 6) is 0.665. The quantitative estimate of drug-likeness (QED) is 0.351. The summed E-state index contributed by atoms with van der Waals surface area (Å²) in [6.45, 7) is 0. The molecule has 22 heavy (non-hydrogen) atoms. The molecule has 0 aliphatic carbocycles. The van der Waals surface area contributed by atoms with Gasteiger partial charge in [-0.05, 0) is 40.4 Å². The molecule has 0 radical (unpaired) electrons. The normalized spacial score (nSPS) is 10.0. The third-order valence-electron chi connectivity index (χ3n) is 3.06. The van der Waals surface area contributed by atoms with E-state index in [-0.39, 0.29) is 11.5 Å². The predicted octanol–water partition coefficient (Wildman–Crippen LogP) is 5.56. The highest BCUT2D eigenvalue weighted by molar-refractivity contribution is 6.37. The van der Waals surface area contributed by atoms with Gasteiger partial charge in [0.05, 0.1) is 16.2 Å². The van der Waals surface area contributed by atoms with E-state index >= 15 is 0 Å². The summed E-state index contributed by atoms with van der Waals surface area (Å²) in [5, 5.41) is 8.20. The molecule has 2 aromatic heterocycles. The summed E-state index contributed by atoms with van der Waals surface area (Å²) in [6, 6.07) is 10.5. The van der Waals surface area contributed by atoms with E-state index in [2.05, 4.69) is 25.0 Å². The van der Waals surface area contributed by atoms with Crippen LogP contribution in [0.3, 0.4) is 0 Å². The van der Waals surface area contributed by atoms with Crippen molar-refractivity contribution in [2.75, 3.05) is 0 Å². The molecular weight excluding hydrogens is 304 g/mol. The number of azide groups is 2. The SMILES string of the molecule is [N-]=[N+]=Nc1c(N=[N+]=[N-])n(-c2ccccn2)c2cccc(Cl)c12. The number of aromatic nitrogens is 2. The fraction of sp³-hybridized carbons (Fsp3) is 0. The highest BCUT2D eigenvalue weighted by Gasteiger charge is 2.19. The number of hydrogen-bond donors (Lipinski definition) is 0. The Kier molecular flexibility index (Phi) is 3.55. The molecule has 3 aromatic rings. The van der Waals surface area contributed by atoms with Crippen LogP contribution >= 0.6 is 11.6 Å². The van der Waals surface area contributed by atoms with Crippen LogP contribution in [0.4, 0.5) is 11.5 Å². The Morgan fingerprint density at radius 1 is 1.05 bits per heavy atom. The van der Waals surface area contributed by atoms with Crippen molar-refractivity contribution >= 4 is 34.0 Å². The molecule has 0 fully saturated rings. The summed E-state index contributed by atoms with van der Waals surface area (Å²) >= 11 is 6.22. The summed E-state index contributed by atoms with van der Waals surface area (Å²) in [4.78, 5) is 9.85. The second-order valence-corrected chi connectivity index (χ2v) is 4.62. The van der Waals surface area contributed by atoms with E-state index in [9.17, 15) is 0 Å². The molecule has 0 unspecified atom stereocenters. The summed E-state index contributed by atoms with van der Waals surface area (Å²) in [6.07, 6.45) is 1.61. The van der Waals surface area contributed by atoms with Crippen LogP contribution in [0, 0.1) is 0 Å². The molecule has 0 saturated heterocycles. The average Bonchev–Trinajstić information content (AvgIpc) is 2.84. The van der Waals surface area contributed by atoms with Gasteiger partial charge < -0.3 is 0 Å². The average molecular weight is 311 g/mol. The number of halogens is 1. The third-order valence-corrected chi connectivity index (χ3v) is 3.37. The maximum Gasteiger partial charge on any atom is 0.137 e. The Hall–Kier alpha value is -3.18. The van der Waals surface area contributed by atoms with Crippen LogP contribution in [0.5, 0.6) is 0 Å². The van der Waals surface area contributed by atoms with Crippen molar-refractivity contribution in [1.82, 2.24) is 9.55 Å². The van der Waals surface area contributed by atoms with Crippen LogP contribution in [0.25, 0.3) is 37.6 Å². The lowest BCUT2D eigenvalue weighted by atomic mass is 10.2. The molecule has 0 amide bonds. The lowest BCUT2D eigenvalue weighted by Crippen LogP contribution is -1.95. The lowest BCUT2D eigenvalue weighted by molar-refractivity contribution is 1.03. The summed E-state index contributed by atoms with van der Waals surface area (Å²) in [7, 11) is 0. The molecular formula is C13H7ClN8. The number of pyridine rings is 1. The number of fused-ring (bicyclic) bond motifs is 1. The van der Waals surface area contributed by atoms with Crippen LogP contribution in [-0.2, 0) is 0 Å². The van der Waals surface area contributed by atoms with Crippen molar-refractivity contribution in [3.05, 3.63) is 68.5 Å². The van der Waals surface area contributed by atoms with Gasteiger partial charge in [-0.3, -0.25) is 4.57 Å². The molecule has 3 rings (SSSR count). The molecule has 0 aliphatic rings. The standard InChI is InChI=1S/C13H7ClN8/c14-8-4-3-5-9-11(8)12(18-20-15)13(19-21-16)22(9)10-6-1-2-7-17-10/h1-7H. The highest BCUT2D eigenvalue weighted by atomic mass is 35.5. The molecule has 2 heterocycles. The highest BCUT2D eigenvalue weighted by Crippen LogP contribution is 2.44. The monoisotopic (exact) mass is 310 g/mol. The second-order valence-electron chi connectivity index (χ2n) is 4.21. The van der Waals surface area contributed by atoms with E-state index in [0.29, 0.717) is 21.7 Å². The maximum absolute atomic E-state index is 8.83. The van der Waals surface area contributed by atoms with Gasteiger partial charge in [-0.1, -0.05) is 28.8 Å². The van der Waals surface area contributed by atoms with Gasteiger partial charge in [-0.15, -0.1) is 0 Å². The van der Waals surface area contributed by atoms with Crippen LogP contribution in [0.1, 0.15) is 0 Å². The largest absolute Gasteiger partial charge is 0.291 e. The molecule has 0 bridgehead atoms. The molecule has 9 heteroatoms. The minimum atomic E-state index is 0.141. The van der Waals surface area contributed by atoms with E-state index in [1.807, 2.05) is 0 Å². The fourth-order valence-electron chi connectivity index (χ4n) is 2.26. The zero-order valence-corrected chi connectivity index (χ0v) is 11.8. The van der Waals surface area contributed by atoms with Crippen molar-refractivity contribution < 1.29 is 0 Å². The smallest absolute Gasteiger partial charge is 0.137 e. The molecule has 8 nitrogen and oxygen atoms in total. The van der Waals surface area contributed by atoms with Gasteiger partial charge in [0.2, 0.25) is 0 Å². The molecule has 1 aromatic carbocycles. The van der Waals surface area contributed by atoms with Gasteiger partial charge in [-0.2, -0.15) is 0 Å². The number of benzene rings is 1. The van der Waals surface area contributed by atoms with Gasteiger partial charge in [-0.25, -0.2) is 4.98 Å². The Bertz CT molecular complexity index is 949. The number of rotatable bonds is 3. The first-order valence-corrected chi connectivity index (χ1v) is 6.50. The first kappa shape index (κ1) is 13.8. The Balaban J connectivity index is 2.55. The molecule has 0 spiro atoms. The number of nitrogens with zero attached hydrogens (tertiary/aromatic N) is 8. The molecule has 0 aliphatic heterocycles. The van der Waals surface area contributed by atoms with E-state index in [1.165, 1.54) is 0 Å². The lowest BCUT2D eigenvalue weighted by Gasteiger charge is -2.06. The minimum absolute atomic E-state index is 0.141. The van der Waals surface area contributed by atoms with E-state index < -0.39 is 0 Å². The Labute approximate surface area is 128 Å². The Morgan fingerprint density at radius 2 is 1.86 bits per heavy atom. The summed E-state index contributed by atoms with van der Waals surface area (Å²) < 4.78 is 1.60. The van der Waals surface area contributed by atoms with Gasteiger partial charge >= 0.3 is 0 Å². The maximum atomic E-state index is 8.83. The van der Waals surface area contributed by atoms with Gasteiger partial charge in [0.15, 0.2) is 0 Å². The van der Waals surface area contributed by atoms with E-state index in [0.717, 1.165) is 0 Å². The molecule has 0 atom stereocenters. The summed E-state index contributed by atoms with van der Waals surface area (Å²) in [5.41, 5.74) is 18.4. The van der Waals surface area contributed by atoms with Gasteiger partial charge in [0, 0.05) is 21.4 Å². The van der Waals surface area contributed by atoms with Crippen LogP contribution in [-0.4, -0.2) is 9.55 Å². The zero-order chi connectivity index (χ0) is 15.5. The van der Waals surface area contributed by atoms with Crippen molar-refractivity contribution in [2.45, 2.75) is 0 Å². The van der Waals surface area contributed by atoms with Crippen LogP contribution < -0.4 is 0 Å². The Morgan fingerprint density at radius 3 is 2.55 bits per heavy atom. The third kappa shape index (κ3) is 2.10. The fourth-order valence-corrected chi connectivity index (χ4v) is 2.52. The van der Waals surface area contributed by atoms with Crippen molar-refractivity contribution in [2.24, 2.45) is 10.2 Å². The van der Waals surface area contributed by atoms with Gasteiger partial charge in [0.25, 0.3) is 0 Å². The first-order valence-electron chi connectivity index (χ1n) is 6.12. The van der Waals surface area contributed by atoms with Crippen molar-refractivity contribution in [1.29, 1.82) is 0 Å².